The summed E-state index contributed by atoms with van der Waals surface area (Å²) in [5.41, 5.74) is 0. The third-order valence-corrected chi connectivity index (χ3v) is 5.40. The van der Waals surface area contributed by atoms with Gasteiger partial charge in [0.05, 0.1) is 0 Å². The summed E-state index contributed by atoms with van der Waals surface area (Å²) in [4.78, 5) is 0. The molecule has 1 saturated heterocycles. The lowest BCUT2D eigenvalue weighted by atomic mass is 10.2. The van der Waals surface area contributed by atoms with Crippen LogP contribution in [0, 0.1) is 0 Å². The van der Waals surface area contributed by atoms with Crippen molar-refractivity contribution in [2.45, 2.75) is 56.2 Å². The van der Waals surface area contributed by atoms with Gasteiger partial charge < -0.3 is 3.79 Å². The number of hydrogen-bond acceptors (Lipinski definition) is 1. The van der Waals surface area contributed by atoms with Crippen LogP contribution in [0.3, 0.4) is 0 Å². The highest BCUT2D eigenvalue weighted by molar-refractivity contribution is 6.52. The molecule has 1 heterocycles. The van der Waals surface area contributed by atoms with Crippen molar-refractivity contribution < 1.29 is 3.79 Å². The van der Waals surface area contributed by atoms with Crippen molar-refractivity contribution in [2.24, 2.45) is 0 Å². The molecule has 0 saturated carbocycles. The molecular weight excluding hydrogens is 151 g/mol. The van der Waals surface area contributed by atoms with Crippen LogP contribution >= 0.6 is 0 Å². The van der Waals surface area contributed by atoms with Gasteiger partial charge in [-0.05, 0) is 13.3 Å². The first-order valence-corrected chi connectivity index (χ1v) is 7.09. The zero-order chi connectivity index (χ0) is 8.10. The van der Waals surface area contributed by atoms with Crippen molar-refractivity contribution in [3.8, 4) is 0 Å². The molecule has 0 aliphatic carbocycles. The summed E-state index contributed by atoms with van der Waals surface area (Å²) in [6, 6.07) is 0. The molecule has 64 valence electrons. The van der Waals surface area contributed by atoms with Gasteiger partial charge in [0.1, 0.15) is 0 Å². The van der Waals surface area contributed by atoms with E-state index in [0.29, 0.717) is 6.10 Å². The second kappa shape index (κ2) is 5.19. The van der Waals surface area contributed by atoms with Gasteiger partial charge in [0, 0.05) is 6.10 Å². The van der Waals surface area contributed by atoms with Gasteiger partial charge in [-0.3, -0.25) is 0 Å². The molecule has 1 rings (SSSR count). The quantitative estimate of drug-likeness (QED) is 0.592. The molecule has 0 radical (unpaired) electrons. The minimum atomic E-state index is -0.702. The van der Waals surface area contributed by atoms with E-state index in [1.165, 1.54) is 36.2 Å². The molecule has 2 heteroatoms. The second-order valence-corrected chi connectivity index (χ2v) is 6.31. The van der Waals surface area contributed by atoms with Crippen LogP contribution in [-0.4, -0.2) is 20.6 Å². The summed E-state index contributed by atoms with van der Waals surface area (Å²) in [6.07, 6.45) is 6.04. The first-order valence-electron chi connectivity index (χ1n) is 4.98. The van der Waals surface area contributed by atoms with E-state index >= 15 is 0 Å². The topological polar surface area (TPSA) is 9.23 Å². The van der Waals surface area contributed by atoms with E-state index in [0.717, 1.165) is 0 Å². The lowest BCUT2D eigenvalue weighted by Gasteiger charge is -2.24. The third-order valence-electron chi connectivity index (χ3n) is 2.44. The van der Waals surface area contributed by atoms with Gasteiger partial charge in [-0.15, -0.1) is 0 Å². The lowest BCUT2D eigenvalue weighted by Crippen LogP contribution is -2.28. The van der Waals surface area contributed by atoms with E-state index in [9.17, 15) is 0 Å². The van der Waals surface area contributed by atoms with Gasteiger partial charge in [0.25, 0.3) is 0 Å². The number of hydrogen-bond donors (Lipinski definition) is 0. The Balaban J connectivity index is 2.12. The monoisotopic (exact) mass is 170 g/mol. The maximum Gasteiger partial charge on any atom is 0.460 e. The van der Waals surface area contributed by atoms with Gasteiger partial charge in [-0.25, -0.2) is 0 Å². The van der Waals surface area contributed by atoms with Gasteiger partial charge in [-0.2, -0.15) is 0 Å². The Kier molecular flexibility index (Phi) is 4.52. The SMILES string of the molecule is CCC[CH2][Al]1[CH2]CCC(C)[O]1. The minimum Gasteiger partial charge on any atom is -0.498 e. The summed E-state index contributed by atoms with van der Waals surface area (Å²) in [5.74, 6) is 0. The summed E-state index contributed by atoms with van der Waals surface area (Å²) >= 11 is -0.702. The molecule has 1 fully saturated rings. The zero-order valence-electron chi connectivity index (χ0n) is 7.81. The predicted molar refractivity (Wildman–Crippen MR) is 50.1 cm³/mol. The Labute approximate surface area is 74.9 Å². The molecule has 0 amide bonds. The average molecular weight is 170 g/mol. The van der Waals surface area contributed by atoms with Gasteiger partial charge >= 0.3 is 14.5 Å². The Morgan fingerprint density at radius 1 is 1.55 bits per heavy atom. The van der Waals surface area contributed by atoms with Crippen LogP contribution in [0.2, 0.25) is 10.6 Å². The average Bonchev–Trinajstić information content (AvgIpc) is 2.01. The molecule has 0 bridgehead atoms. The normalized spacial score (nSPS) is 25.6. The molecule has 1 unspecified atom stereocenters. The fourth-order valence-corrected chi connectivity index (χ4v) is 4.65. The minimum absolute atomic E-state index is 0.581. The van der Waals surface area contributed by atoms with Crippen LogP contribution in [0.25, 0.3) is 0 Å². The van der Waals surface area contributed by atoms with Crippen LogP contribution in [0.15, 0.2) is 0 Å². The second-order valence-electron chi connectivity index (χ2n) is 3.64. The van der Waals surface area contributed by atoms with Crippen molar-refractivity contribution in [2.75, 3.05) is 0 Å². The van der Waals surface area contributed by atoms with Crippen LogP contribution < -0.4 is 0 Å². The highest BCUT2D eigenvalue weighted by atomic mass is 27.2. The molecule has 0 spiro atoms. The van der Waals surface area contributed by atoms with Gasteiger partial charge in [0.15, 0.2) is 0 Å². The van der Waals surface area contributed by atoms with Crippen molar-refractivity contribution in [1.82, 2.24) is 0 Å². The molecule has 11 heavy (non-hydrogen) atoms. The number of unbranched alkanes of at least 4 members (excludes halogenated alkanes) is 1. The number of rotatable bonds is 3. The lowest BCUT2D eigenvalue weighted by molar-refractivity contribution is 0.188. The van der Waals surface area contributed by atoms with Crippen molar-refractivity contribution in [3.63, 3.8) is 0 Å². The maximum absolute atomic E-state index is 5.93. The summed E-state index contributed by atoms with van der Waals surface area (Å²) in [7, 11) is 0. The zero-order valence-corrected chi connectivity index (χ0v) is 8.96. The molecular formula is C9H19AlO. The Morgan fingerprint density at radius 2 is 2.36 bits per heavy atom. The van der Waals surface area contributed by atoms with Crippen LogP contribution in [0.5, 0.6) is 0 Å². The van der Waals surface area contributed by atoms with Crippen molar-refractivity contribution in [3.05, 3.63) is 0 Å². The highest BCUT2D eigenvalue weighted by Crippen LogP contribution is 2.20. The molecule has 1 nitrogen and oxygen atoms in total. The molecule has 0 aromatic heterocycles. The molecule has 1 atom stereocenters. The fraction of sp³-hybridized carbons (Fsp3) is 1.00. The van der Waals surface area contributed by atoms with Crippen LogP contribution in [0.4, 0.5) is 0 Å². The largest absolute Gasteiger partial charge is 0.498 e. The van der Waals surface area contributed by atoms with E-state index in [4.69, 9.17) is 3.79 Å². The predicted octanol–water partition coefficient (Wildman–Crippen LogP) is 2.98. The van der Waals surface area contributed by atoms with E-state index in [1.807, 2.05) is 0 Å². The Morgan fingerprint density at radius 3 is 3.00 bits per heavy atom. The van der Waals surface area contributed by atoms with Gasteiger partial charge in [-0.1, -0.05) is 36.8 Å². The van der Waals surface area contributed by atoms with Crippen molar-refractivity contribution in [1.29, 1.82) is 0 Å². The summed E-state index contributed by atoms with van der Waals surface area (Å²) in [6.45, 7) is 4.49. The van der Waals surface area contributed by atoms with E-state index in [2.05, 4.69) is 13.8 Å². The van der Waals surface area contributed by atoms with E-state index in [1.54, 1.807) is 0 Å². The molecule has 0 N–H and O–H groups in total. The Hall–Kier alpha value is 0.492. The van der Waals surface area contributed by atoms with Crippen molar-refractivity contribution >= 4 is 14.5 Å². The van der Waals surface area contributed by atoms with Crippen LogP contribution in [0.1, 0.15) is 39.5 Å². The first-order chi connectivity index (χ1) is 5.33. The standard InChI is InChI=1S/C5H10O.C4H9.Al/c1-3-4-5(2)6;1-3-4-2;/h5H,1,3-4H2,2H3;1,3-4H2,2H3;/q-1;;+1. The summed E-state index contributed by atoms with van der Waals surface area (Å²) in [5, 5.41) is 2.85. The first kappa shape index (κ1) is 9.58. The van der Waals surface area contributed by atoms with E-state index in [-0.39, 0.29) is 0 Å². The summed E-state index contributed by atoms with van der Waals surface area (Å²) < 4.78 is 5.93. The van der Waals surface area contributed by atoms with Gasteiger partial charge in [0.2, 0.25) is 0 Å². The maximum atomic E-state index is 5.93. The fourth-order valence-electron chi connectivity index (χ4n) is 1.74. The van der Waals surface area contributed by atoms with Crippen LogP contribution in [-0.2, 0) is 3.79 Å². The molecule has 0 aromatic rings. The molecule has 1 aliphatic rings. The Bertz CT molecular complexity index is 106. The molecule has 0 aromatic carbocycles. The van der Waals surface area contributed by atoms with E-state index < -0.39 is 14.5 Å². The highest BCUT2D eigenvalue weighted by Gasteiger charge is 2.25. The third kappa shape index (κ3) is 3.60. The molecule has 1 aliphatic heterocycles. The smallest absolute Gasteiger partial charge is 0.460 e.